The van der Waals surface area contributed by atoms with Crippen molar-refractivity contribution in [3.05, 3.63) is 59.7 Å². The summed E-state index contributed by atoms with van der Waals surface area (Å²) in [5, 5.41) is 0. The number of sulfonamides is 1. The van der Waals surface area contributed by atoms with Gasteiger partial charge in [0.25, 0.3) is 5.91 Å². The van der Waals surface area contributed by atoms with E-state index < -0.39 is 22.6 Å². The van der Waals surface area contributed by atoms with Crippen molar-refractivity contribution in [3.8, 4) is 0 Å². The van der Waals surface area contributed by atoms with Gasteiger partial charge in [-0.05, 0) is 63.4 Å². The number of anilines is 1. The van der Waals surface area contributed by atoms with Gasteiger partial charge in [-0.3, -0.25) is 4.79 Å². The summed E-state index contributed by atoms with van der Waals surface area (Å²) in [5.41, 5.74) is 2.00. The SMILES string of the molecule is CC1CN(S(=O)(=O)c2cccc(C(=O)OCC(=O)N3c4ccccc4CCC3C)c2)CC(C)O1. The zero-order valence-corrected chi connectivity index (χ0v) is 20.5. The van der Waals surface area contributed by atoms with Gasteiger partial charge in [0, 0.05) is 24.8 Å². The molecular weight excluding hydrogens is 456 g/mol. The molecule has 0 saturated carbocycles. The number of ether oxygens (including phenoxy) is 2. The van der Waals surface area contributed by atoms with Crippen LogP contribution in [-0.4, -0.2) is 62.5 Å². The molecule has 1 fully saturated rings. The van der Waals surface area contributed by atoms with E-state index in [0.29, 0.717) is 0 Å². The van der Waals surface area contributed by atoms with Crippen LogP contribution in [0.1, 0.15) is 43.1 Å². The van der Waals surface area contributed by atoms with E-state index in [1.54, 1.807) is 4.90 Å². The van der Waals surface area contributed by atoms with E-state index in [9.17, 15) is 18.0 Å². The minimum atomic E-state index is -3.80. The van der Waals surface area contributed by atoms with Gasteiger partial charge in [-0.2, -0.15) is 4.31 Å². The highest BCUT2D eigenvalue weighted by Gasteiger charge is 2.33. The largest absolute Gasteiger partial charge is 0.452 e. The van der Waals surface area contributed by atoms with Crippen LogP contribution < -0.4 is 4.90 Å². The molecule has 9 heteroatoms. The van der Waals surface area contributed by atoms with Crippen molar-refractivity contribution in [2.45, 2.75) is 56.8 Å². The predicted molar refractivity (Wildman–Crippen MR) is 127 cm³/mol. The first-order valence-corrected chi connectivity index (χ1v) is 12.9. The van der Waals surface area contributed by atoms with Crippen molar-refractivity contribution in [1.82, 2.24) is 4.31 Å². The van der Waals surface area contributed by atoms with Gasteiger partial charge in [0.05, 0.1) is 22.7 Å². The molecule has 3 unspecified atom stereocenters. The number of carbonyl (C=O) groups is 2. The molecule has 2 aliphatic rings. The summed E-state index contributed by atoms with van der Waals surface area (Å²) in [4.78, 5) is 27.3. The van der Waals surface area contributed by atoms with E-state index in [-0.39, 0.29) is 47.7 Å². The van der Waals surface area contributed by atoms with Crippen LogP contribution in [-0.2, 0) is 30.7 Å². The molecule has 0 radical (unpaired) electrons. The molecule has 3 atom stereocenters. The lowest BCUT2D eigenvalue weighted by Crippen LogP contribution is -2.48. The fourth-order valence-electron chi connectivity index (χ4n) is 4.61. The molecule has 0 aromatic heterocycles. The number of aryl methyl sites for hydroxylation is 1. The molecule has 0 N–H and O–H groups in total. The van der Waals surface area contributed by atoms with Crippen molar-refractivity contribution in [1.29, 1.82) is 0 Å². The first-order valence-electron chi connectivity index (χ1n) is 11.5. The Kier molecular flexibility index (Phi) is 7.06. The molecule has 0 aliphatic carbocycles. The Labute approximate surface area is 200 Å². The number of benzene rings is 2. The molecular formula is C25H30N2O6S. The van der Waals surface area contributed by atoms with Crippen LogP contribution in [0.2, 0.25) is 0 Å². The highest BCUT2D eigenvalue weighted by atomic mass is 32.2. The summed E-state index contributed by atoms with van der Waals surface area (Å²) in [6.07, 6.45) is 1.28. The molecule has 2 aromatic rings. The highest BCUT2D eigenvalue weighted by Crippen LogP contribution is 2.30. The molecule has 34 heavy (non-hydrogen) atoms. The number of rotatable bonds is 5. The number of amides is 1. The highest BCUT2D eigenvalue weighted by molar-refractivity contribution is 7.89. The smallest absolute Gasteiger partial charge is 0.338 e. The molecule has 2 aromatic carbocycles. The minimum absolute atomic E-state index is 0.00659. The lowest BCUT2D eigenvalue weighted by atomic mass is 9.96. The van der Waals surface area contributed by atoms with Crippen LogP contribution in [0.5, 0.6) is 0 Å². The Morgan fingerprint density at radius 3 is 2.47 bits per heavy atom. The number of morpholine rings is 1. The molecule has 4 rings (SSSR count). The number of nitrogens with zero attached hydrogens (tertiary/aromatic N) is 2. The molecule has 0 bridgehead atoms. The average molecular weight is 487 g/mol. The fraction of sp³-hybridized carbons (Fsp3) is 0.440. The van der Waals surface area contributed by atoms with Gasteiger partial charge in [0.1, 0.15) is 0 Å². The number of carbonyl (C=O) groups excluding carboxylic acids is 2. The van der Waals surface area contributed by atoms with Crippen LogP contribution in [0.4, 0.5) is 5.69 Å². The third kappa shape index (κ3) is 5.01. The van der Waals surface area contributed by atoms with Crippen molar-refractivity contribution in [2.75, 3.05) is 24.6 Å². The molecule has 1 amide bonds. The van der Waals surface area contributed by atoms with Crippen molar-refractivity contribution in [3.63, 3.8) is 0 Å². The van der Waals surface area contributed by atoms with Crippen LogP contribution in [0.25, 0.3) is 0 Å². The number of esters is 1. The predicted octanol–water partition coefficient (Wildman–Crippen LogP) is 3.01. The number of hydrogen-bond acceptors (Lipinski definition) is 6. The summed E-state index contributed by atoms with van der Waals surface area (Å²) >= 11 is 0. The third-order valence-electron chi connectivity index (χ3n) is 6.21. The van der Waals surface area contributed by atoms with Gasteiger partial charge in [0.2, 0.25) is 10.0 Å². The molecule has 1 saturated heterocycles. The average Bonchev–Trinajstić information content (AvgIpc) is 2.81. The van der Waals surface area contributed by atoms with Gasteiger partial charge in [-0.25, -0.2) is 13.2 Å². The maximum atomic E-state index is 13.1. The first kappa shape index (κ1) is 24.4. The van der Waals surface area contributed by atoms with Gasteiger partial charge < -0.3 is 14.4 Å². The second-order valence-corrected chi connectivity index (χ2v) is 10.9. The number of fused-ring (bicyclic) bond motifs is 1. The van der Waals surface area contributed by atoms with Crippen molar-refractivity contribution in [2.24, 2.45) is 0 Å². The monoisotopic (exact) mass is 486 g/mol. The van der Waals surface area contributed by atoms with E-state index in [1.165, 1.54) is 28.6 Å². The van der Waals surface area contributed by atoms with Gasteiger partial charge in [-0.15, -0.1) is 0 Å². The summed E-state index contributed by atoms with van der Waals surface area (Å²) in [7, 11) is -3.80. The van der Waals surface area contributed by atoms with Crippen LogP contribution in [0.3, 0.4) is 0 Å². The second-order valence-electron chi connectivity index (χ2n) is 8.96. The van der Waals surface area contributed by atoms with E-state index in [0.717, 1.165) is 24.1 Å². The lowest BCUT2D eigenvalue weighted by Gasteiger charge is -2.35. The Hall–Kier alpha value is -2.75. The normalized spacial score (nSPS) is 23.3. The van der Waals surface area contributed by atoms with E-state index in [1.807, 2.05) is 45.0 Å². The summed E-state index contributed by atoms with van der Waals surface area (Å²) in [6, 6.07) is 13.4. The zero-order valence-electron chi connectivity index (χ0n) is 19.6. The Morgan fingerprint density at radius 1 is 1.03 bits per heavy atom. The van der Waals surface area contributed by atoms with Crippen molar-refractivity contribution >= 4 is 27.6 Å². The van der Waals surface area contributed by atoms with E-state index in [2.05, 4.69) is 0 Å². The van der Waals surface area contributed by atoms with Crippen molar-refractivity contribution < 1.29 is 27.5 Å². The van der Waals surface area contributed by atoms with Gasteiger partial charge in [0.15, 0.2) is 6.61 Å². The molecule has 2 aliphatic heterocycles. The van der Waals surface area contributed by atoms with E-state index in [4.69, 9.17) is 9.47 Å². The van der Waals surface area contributed by atoms with E-state index >= 15 is 0 Å². The Bertz CT molecular complexity index is 1170. The Balaban J connectivity index is 1.46. The molecule has 2 heterocycles. The maximum absolute atomic E-state index is 13.1. The van der Waals surface area contributed by atoms with Gasteiger partial charge in [-0.1, -0.05) is 24.3 Å². The molecule has 182 valence electrons. The molecule has 0 spiro atoms. The van der Waals surface area contributed by atoms with Crippen LogP contribution in [0.15, 0.2) is 53.4 Å². The summed E-state index contributed by atoms with van der Waals surface area (Å²) in [6.45, 7) is 5.68. The first-order chi connectivity index (χ1) is 16.2. The maximum Gasteiger partial charge on any atom is 0.338 e. The molecule has 8 nitrogen and oxygen atoms in total. The second kappa shape index (κ2) is 9.85. The fourth-order valence-corrected chi connectivity index (χ4v) is 6.24. The standard InChI is InChI=1S/C25H30N2O6S/c1-17-11-12-20-7-4-5-10-23(20)27(17)24(28)16-32-25(29)21-8-6-9-22(13-21)34(30,31)26-14-18(2)33-19(3)15-26/h4-10,13,17-19H,11-12,14-16H2,1-3H3. The Morgan fingerprint density at radius 2 is 1.74 bits per heavy atom. The topological polar surface area (TPSA) is 93.2 Å². The van der Waals surface area contributed by atoms with Crippen LogP contribution in [0, 0.1) is 0 Å². The summed E-state index contributed by atoms with van der Waals surface area (Å²) in [5.74, 6) is -1.06. The quantitative estimate of drug-likeness (QED) is 0.603. The number of hydrogen-bond donors (Lipinski definition) is 0. The summed E-state index contributed by atoms with van der Waals surface area (Å²) < 4.78 is 38.6. The lowest BCUT2D eigenvalue weighted by molar-refractivity contribution is -0.122. The third-order valence-corrected chi connectivity index (χ3v) is 8.04. The number of para-hydroxylation sites is 1. The minimum Gasteiger partial charge on any atom is -0.452 e. The zero-order chi connectivity index (χ0) is 24.5. The van der Waals surface area contributed by atoms with Crippen LogP contribution >= 0.6 is 0 Å². The van der Waals surface area contributed by atoms with Gasteiger partial charge >= 0.3 is 5.97 Å².